The molecule has 0 aliphatic rings. The van der Waals surface area contributed by atoms with Gasteiger partial charge in [-0.25, -0.2) is 15.0 Å². The fraction of sp³-hybridized carbons (Fsp3) is 0.682. The molecule has 6 N–H and O–H groups in total. The van der Waals surface area contributed by atoms with Crippen LogP contribution in [0.25, 0.3) is 11.2 Å². The predicted molar refractivity (Wildman–Crippen MR) is 151 cm³/mol. The van der Waals surface area contributed by atoms with E-state index in [4.69, 9.17) is 31.0 Å². The summed E-state index contributed by atoms with van der Waals surface area (Å²) in [6, 6.07) is -1.17. The van der Waals surface area contributed by atoms with Crippen molar-refractivity contribution >= 4 is 58.3 Å². The molecule has 0 bridgehead atoms. The van der Waals surface area contributed by atoms with Crippen molar-refractivity contribution in [1.82, 2.24) is 19.5 Å². The van der Waals surface area contributed by atoms with Crippen LogP contribution in [0.2, 0.25) is 0 Å². The van der Waals surface area contributed by atoms with E-state index in [0.717, 1.165) is 23.5 Å². The van der Waals surface area contributed by atoms with Crippen molar-refractivity contribution in [1.29, 1.82) is 0 Å². The van der Waals surface area contributed by atoms with Crippen LogP contribution < -0.4 is 17.2 Å². The van der Waals surface area contributed by atoms with Crippen LogP contribution in [0.5, 0.6) is 0 Å². The number of carbonyl (C=O) groups is 2. The first kappa shape index (κ1) is 32.6. The molecule has 0 saturated carbocycles. The van der Waals surface area contributed by atoms with E-state index in [2.05, 4.69) is 15.0 Å². The number of nitrogens with two attached hydrogens (primary N) is 3. The Morgan fingerprint density at radius 3 is 2.03 bits per heavy atom. The molecule has 2 heterocycles. The van der Waals surface area contributed by atoms with Crippen molar-refractivity contribution in [3.8, 4) is 0 Å². The summed E-state index contributed by atoms with van der Waals surface area (Å²) in [5.41, 5.74) is 18.6. The number of ether oxygens (including phenoxy) is 1. The van der Waals surface area contributed by atoms with Crippen molar-refractivity contribution in [2.75, 3.05) is 43.4 Å². The van der Waals surface area contributed by atoms with Crippen molar-refractivity contribution in [2.45, 2.75) is 46.3 Å². The van der Waals surface area contributed by atoms with Crippen molar-refractivity contribution in [2.24, 2.45) is 23.3 Å². The molecule has 0 amide bonds. The van der Waals surface area contributed by atoms with E-state index in [1.807, 2.05) is 27.7 Å². The van der Waals surface area contributed by atoms with E-state index in [-0.39, 0.29) is 65.6 Å². The number of nitrogens with zero attached hydrogens (tertiary/aromatic N) is 4. The largest absolute Gasteiger partial charge is 0.382 e. The number of nitrogen functional groups attached to an aromatic ring is 1. The summed E-state index contributed by atoms with van der Waals surface area (Å²) in [5.74, 6) is 0.810. The maximum Gasteiger partial charge on any atom is 0.356 e. The number of fused-ring (bicyclic) bond motifs is 1. The van der Waals surface area contributed by atoms with E-state index in [0.29, 0.717) is 17.7 Å². The third kappa shape index (κ3) is 10.2. The minimum atomic E-state index is -3.69. The van der Waals surface area contributed by atoms with Gasteiger partial charge >= 0.3 is 7.60 Å². The zero-order chi connectivity index (χ0) is 28.3. The van der Waals surface area contributed by atoms with Crippen LogP contribution in [-0.4, -0.2) is 79.5 Å². The highest BCUT2D eigenvalue weighted by molar-refractivity contribution is 8.14. The number of hydrogen-bond acceptors (Lipinski definition) is 14. The molecule has 0 spiro atoms. The smallest absolute Gasteiger partial charge is 0.356 e. The summed E-state index contributed by atoms with van der Waals surface area (Å²) in [6.45, 7) is 7.98. The summed E-state index contributed by atoms with van der Waals surface area (Å²) in [7, 11) is -3.69. The highest BCUT2D eigenvalue weighted by Gasteiger charge is 2.27. The molecule has 2 aromatic rings. The number of imidazole rings is 1. The molecule has 214 valence electrons. The van der Waals surface area contributed by atoms with Gasteiger partial charge in [0.05, 0.1) is 38.2 Å². The maximum absolute atomic E-state index is 13.3. The van der Waals surface area contributed by atoms with Gasteiger partial charge in [0.15, 0.2) is 11.5 Å². The molecule has 38 heavy (non-hydrogen) atoms. The Balaban J connectivity index is 1.88. The second-order valence-corrected chi connectivity index (χ2v) is 13.3. The Kier molecular flexibility index (Phi) is 13.6. The number of carbonyl (C=O) groups excluding carboxylic acids is 2. The molecule has 0 aliphatic carbocycles. The third-order valence-corrected chi connectivity index (χ3v) is 8.87. The van der Waals surface area contributed by atoms with E-state index < -0.39 is 19.7 Å². The van der Waals surface area contributed by atoms with Crippen LogP contribution in [0.3, 0.4) is 0 Å². The van der Waals surface area contributed by atoms with Gasteiger partial charge < -0.3 is 35.6 Å². The van der Waals surface area contributed by atoms with Crippen LogP contribution in [0.1, 0.15) is 27.7 Å². The normalized spacial score (nSPS) is 13.9. The van der Waals surface area contributed by atoms with Gasteiger partial charge in [-0.2, -0.15) is 0 Å². The molecule has 2 rings (SSSR count). The third-order valence-electron chi connectivity index (χ3n) is 5.37. The molecular formula is C22H38N7O6PS2. The van der Waals surface area contributed by atoms with E-state index in [1.54, 1.807) is 10.9 Å². The fourth-order valence-corrected chi connectivity index (χ4v) is 6.11. The van der Waals surface area contributed by atoms with Gasteiger partial charge in [0.25, 0.3) is 0 Å². The zero-order valence-corrected chi connectivity index (χ0v) is 24.7. The van der Waals surface area contributed by atoms with Gasteiger partial charge in [-0.05, 0) is 11.8 Å². The Bertz CT molecular complexity index is 1070. The average molecular weight is 592 g/mol. The van der Waals surface area contributed by atoms with Crippen molar-refractivity contribution in [3.63, 3.8) is 0 Å². The summed E-state index contributed by atoms with van der Waals surface area (Å²) in [6.07, 6.45) is 2.60. The lowest BCUT2D eigenvalue weighted by molar-refractivity contribution is -0.113. The minimum absolute atomic E-state index is 0.00544. The second kappa shape index (κ2) is 15.9. The number of aromatic nitrogens is 4. The number of thioether (sulfide) groups is 2. The van der Waals surface area contributed by atoms with Gasteiger partial charge in [0.2, 0.25) is 10.2 Å². The number of rotatable bonds is 17. The molecular weight excluding hydrogens is 553 g/mol. The molecule has 2 atom stereocenters. The highest BCUT2D eigenvalue weighted by Crippen LogP contribution is 2.48. The highest BCUT2D eigenvalue weighted by atomic mass is 32.2. The first-order valence-corrected chi connectivity index (χ1v) is 15.9. The van der Waals surface area contributed by atoms with Gasteiger partial charge in [0, 0.05) is 18.1 Å². The topological polar surface area (TPSA) is 201 Å². The number of anilines is 1. The molecule has 0 radical (unpaired) electrons. The standard InChI is InChI=1S/C22H38N7O6PS2/c1-14(2)16(23)21(30)37-9-7-34-36(32,35-8-10-38-22(31)17(24)15(3)4)13-33-6-5-29-12-28-18-19(25)26-11-27-20(18)29/h11-12,14-17H,5-10,13,23-24H2,1-4H3,(H2,25,26,27)/t16-,17-/m0/s1. The molecule has 0 unspecified atom stereocenters. The second-order valence-electron chi connectivity index (χ2n) is 9.06. The summed E-state index contributed by atoms with van der Waals surface area (Å²) < 4.78 is 31.8. The molecule has 16 heteroatoms. The zero-order valence-electron chi connectivity index (χ0n) is 22.1. The molecule has 13 nitrogen and oxygen atoms in total. The van der Waals surface area contributed by atoms with Crippen molar-refractivity contribution in [3.05, 3.63) is 12.7 Å². The molecule has 0 aromatic carbocycles. The minimum Gasteiger partial charge on any atom is -0.382 e. The van der Waals surface area contributed by atoms with Gasteiger partial charge in [0.1, 0.15) is 18.2 Å². The van der Waals surface area contributed by atoms with Crippen LogP contribution in [0.4, 0.5) is 5.82 Å². The summed E-state index contributed by atoms with van der Waals surface area (Å²) >= 11 is 2.04. The van der Waals surface area contributed by atoms with E-state index in [9.17, 15) is 14.2 Å². The van der Waals surface area contributed by atoms with E-state index >= 15 is 0 Å². The first-order chi connectivity index (χ1) is 17.9. The Morgan fingerprint density at radius 1 is 0.947 bits per heavy atom. The van der Waals surface area contributed by atoms with E-state index in [1.165, 1.54) is 6.33 Å². The van der Waals surface area contributed by atoms with Crippen LogP contribution in [0.15, 0.2) is 12.7 Å². The van der Waals surface area contributed by atoms with Gasteiger partial charge in [-0.1, -0.05) is 51.2 Å². The van der Waals surface area contributed by atoms with Gasteiger partial charge in [-0.3, -0.25) is 14.2 Å². The Morgan fingerprint density at radius 2 is 1.50 bits per heavy atom. The monoisotopic (exact) mass is 591 g/mol. The molecule has 0 saturated heterocycles. The lowest BCUT2D eigenvalue weighted by Crippen LogP contribution is -2.34. The van der Waals surface area contributed by atoms with Crippen LogP contribution in [0, 0.1) is 11.8 Å². The summed E-state index contributed by atoms with van der Waals surface area (Å²) in [5, 5.41) is -0.326. The SMILES string of the molecule is CC(C)[C@H](N)C(=O)SCCOP(=O)(COCCn1cnc2c(N)ncnc21)OCCSC(=O)[C@@H](N)C(C)C. The average Bonchev–Trinajstić information content (AvgIpc) is 3.30. The van der Waals surface area contributed by atoms with Gasteiger partial charge in [-0.15, -0.1) is 0 Å². The fourth-order valence-electron chi connectivity index (χ4n) is 2.89. The quantitative estimate of drug-likeness (QED) is 0.178. The van der Waals surface area contributed by atoms with Crippen LogP contribution >= 0.6 is 31.1 Å². The van der Waals surface area contributed by atoms with Crippen molar-refractivity contribution < 1.29 is 27.9 Å². The van der Waals surface area contributed by atoms with Crippen LogP contribution in [-0.2, 0) is 34.5 Å². The Hall–Kier alpha value is -1.58. The molecule has 2 aromatic heterocycles. The lowest BCUT2D eigenvalue weighted by Gasteiger charge is -2.19. The first-order valence-electron chi connectivity index (χ1n) is 12.2. The number of hydrogen-bond donors (Lipinski definition) is 3. The Labute approximate surface area is 231 Å². The lowest BCUT2D eigenvalue weighted by atomic mass is 10.1. The molecule has 0 aliphatic heterocycles. The summed E-state index contributed by atoms with van der Waals surface area (Å²) in [4.78, 5) is 36.5. The molecule has 0 fully saturated rings. The maximum atomic E-state index is 13.3. The predicted octanol–water partition coefficient (Wildman–Crippen LogP) is 2.10.